The van der Waals surface area contributed by atoms with Crippen LogP contribution in [0.5, 0.6) is 0 Å². The van der Waals surface area contributed by atoms with E-state index in [9.17, 15) is 9.59 Å². The number of nitrogens with one attached hydrogen (secondary N) is 2. The van der Waals surface area contributed by atoms with E-state index in [0.29, 0.717) is 12.2 Å². The largest absolute Gasteiger partial charge is 0.368 e. The Labute approximate surface area is 173 Å². The lowest BCUT2D eigenvalue weighted by atomic mass is 10.1. The van der Waals surface area contributed by atoms with Crippen LogP contribution in [0.2, 0.25) is 0 Å². The van der Waals surface area contributed by atoms with Gasteiger partial charge in [-0.05, 0) is 70.4 Å². The molecule has 2 heterocycles. The summed E-state index contributed by atoms with van der Waals surface area (Å²) in [6.07, 6.45) is 5.64. The Morgan fingerprint density at radius 1 is 1.03 bits per heavy atom. The van der Waals surface area contributed by atoms with Crippen molar-refractivity contribution in [1.82, 2.24) is 9.80 Å². The molecule has 0 bridgehead atoms. The highest BCUT2D eigenvalue weighted by Crippen LogP contribution is 2.21. The van der Waals surface area contributed by atoms with Crippen molar-refractivity contribution in [2.24, 2.45) is 0 Å². The van der Waals surface area contributed by atoms with Crippen LogP contribution in [0.1, 0.15) is 37.7 Å². The summed E-state index contributed by atoms with van der Waals surface area (Å²) in [5.74, 6) is -0.178. The van der Waals surface area contributed by atoms with Crippen LogP contribution in [-0.4, -0.2) is 74.1 Å². The third kappa shape index (κ3) is 7.10. The van der Waals surface area contributed by atoms with E-state index in [1.807, 2.05) is 25.1 Å². The zero-order valence-corrected chi connectivity index (χ0v) is 17.7. The van der Waals surface area contributed by atoms with Gasteiger partial charge in [0.25, 0.3) is 0 Å². The fourth-order valence-corrected chi connectivity index (χ4v) is 3.89. The summed E-state index contributed by atoms with van der Waals surface area (Å²) in [6.45, 7) is 6.40. The molecule has 2 saturated heterocycles. The summed E-state index contributed by atoms with van der Waals surface area (Å²) in [5.41, 5.74) is 2.37. The topological polar surface area (TPSA) is 73.9 Å². The normalized spacial score (nSPS) is 19.1. The number of ether oxygens (including phenoxy) is 1. The van der Waals surface area contributed by atoms with Crippen LogP contribution in [-0.2, 0) is 14.3 Å². The van der Waals surface area contributed by atoms with Crippen molar-refractivity contribution in [2.75, 3.05) is 57.0 Å². The van der Waals surface area contributed by atoms with E-state index in [1.54, 1.807) is 0 Å². The van der Waals surface area contributed by atoms with Crippen LogP contribution in [0.15, 0.2) is 18.2 Å². The molecule has 29 heavy (non-hydrogen) atoms. The molecular weight excluding hydrogens is 368 g/mol. The molecule has 3 rings (SSSR count). The van der Waals surface area contributed by atoms with Crippen LogP contribution in [0, 0.1) is 6.92 Å². The van der Waals surface area contributed by atoms with E-state index < -0.39 is 0 Å². The lowest BCUT2D eigenvalue weighted by molar-refractivity contribution is -0.123. The van der Waals surface area contributed by atoms with Crippen molar-refractivity contribution in [2.45, 2.75) is 45.1 Å². The van der Waals surface area contributed by atoms with E-state index in [1.165, 1.54) is 6.42 Å². The molecule has 2 amide bonds. The van der Waals surface area contributed by atoms with E-state index in [4.69, 9.17) is 4.74 Å². The van der Waals surface area contributed by atoms with E-state index >= 15 is 0 Å². The lowest BCUT2D eigenvalue weighted by Gasteiger charge is -2.28. The van der Waals surface area contributed by atoms with Crippen molar-refractivity contribution in [1.29, 1.82) is 0 Å². The maximum absolute atomic E-state index is 12.4. The van der Waals surface area contributed by atoms with E-state index in [-0.39, 0.29) is 24.5 Å². The Bertz CT molecular complexity index is 695. The van der Waals surface area contributed by atoms with Crippen LogP contribution in [0.4, 0.5) is 11.4 Å². The monoisotopic (exact) mass is 402 g/mol. The van der Waals surface area contributed by atoms with E-state index in [0.717, 1.165) is 63.1 Å². The van der Waals surface area contributed by atoms with Crippen LogP contribution >= 0.6 is 0 Å². The molecule has 0 aliphatic carbocycles. The molecule has 0 unspecified atom stereocenters. The Hall–Kier alpha value is -1.96. The fourth-order valence-electron chi connectivity index (χ4n) is 3.89. The number of amides is 2. The Kier molecular flexibility index (Phi) is 8.03. The summed E-state index contributed by atoms with van der Waals surface area (Å²) < 4.78 is 5.75. The fraction of sp³-hybridized carbons (Fsp3) is 0.636. The number of piperidine rings is 2. The van der Waals surface area contributed by atoms with Gasteiger partial charge < -0.3 is 20.3 Å². The number of nitrogens with zero attached hydrogens (tertiary/aromatic N) is 2. The standard InChI is InChI=1S/C22H34N4O3/c1-17-6-7-18(23-22(28)16-29-19-8-12-25(2)13-9-19)14-20(17)24-21(27)15-26-10-4-3-5-11-26/h6-7,14,19H,3-5,8-13,15-16H2,1-2H3,(H,23,28)(H,24,27). The second-order valence-electron chi connectivity index (χ2n) is 8.28. The van der Waals surface area contributed by atoms with Gasteiger partial charge >= 0.3 is 0 Å². The number of hydrogen-bond acceptors (Lipinski definition) is 5. The molecule has 160 valence electrons. The van der Waals surface area contributed by atoms with Crippen LogP contribution in [0.3, 0.4) is 0 Å². The van der Waals surface area contributed by atoms with Crippen molar-refractivity contribution in [3.63, 3.8) is 0 Å². The highest BCUT2D eigenvalue weighted by molar-refractivity contribution is 5.95. The first-order valence-electron chi connectivity index (χ1n) is 10.7. The summed E-state index contributed by atoms with van der Waals surface area (Å²) in [4.78, 5) is 29.1. The predicted octanol–water partition coefficient (Wildman–Crippen LogP) is 2.47. The van der Waals surface area contributed by atoms with Crippen molar-refractivity contribution < 1.29 is 14.3 Å². The van der Waals surface area contributed by atoms with Crippen molar-refractivity contribution in [3.8, 4) is 0 Å². The highest BCUT2D eigenvalue weighted by atomic mass is 16.5. The minimum absolute atomic E-state index is 0.0101. The van der Waals surface area contributed by atoms with Gasteiger partial charge in [0.2, 0.25) is 11.8 Å². The van der Waals surface area contributed by atoms with Gasteiger partial charge in [-0.1, -0.05) is 12.5 Å². The summed E-state index contributed by atoms with van der Waals surface area (Å²) >= 11 is 0. The molecule has 2 N–H and O–H groups in total. The number of aryl methyl sites for hydroxylation is 1. The van der Waals surface area contributed by atoms with Gasteiger partial charge in [-0.25, -0.2) is 0 Å². The number of carbonyl (C=O) groups is 2. The average Bonchev–Trinajstić information content (AvgIpc) is 2.71. The lowest BCUT2D eigenvalue weighted by Crippen LogP contribution is -2.37. The van der Waals surface area contributed by atoms with Gasteiger partial charge in [-0.2, -0.15) is 0 Å². The van der Waals surface area contributed by atoms with Crippen LogP contribution < -0.4 is 10.6 Å². The van der Waals surface area contributed by atoms with Crippen LogP contribution in [0.25, 0.3) is 0 Å². The maximum atomic E-state index is 12.4. The molecule has 0 atom stereocenters. The molecule has 2 aliphatic rings. The number of benzene rings is 1. The average molecular weight is 403 g/mol. The summed E-state index contributed by atoms with van der Waals surface area (Å²) in [7, 11) is 2.10. The van der Waals surface area contributed by atoms with E-state index in [2.05, 4.69) is 27.5 Å². The van der Waals surface area contributed by atoms with Gasteiger partial charge in [0.05, 0.1) is 12.6 Å². The molecule has 7 nitrogen and oxygen atoms in total. The minimum atomic E-state index is -0.168. The molecule has 1 aromatic rings. The molecular formula is C22H34N4O3. The molecule has 0 spiro atoms. The Morgan fingerprint density at radius 3 is 2.48 bits per heavy atom. The zero-order chi connectivity index (χ0) is 20.6. The highest BCUT2D eigenvalue weighted by Gasteiger charge is 2.18. The van der Waals surface area contributed by atoms with Crippen molar-refractivity contribution >= 4 is 23.2 Å². The molecule has 2 fully saturated rings. The third-order valence-electron chi connectivity index (χ3n) is 5.73. The first kappa shape index (κ1) is 21.7. The number of likely N-dealkylation sites (tertiary alicyclic amines) is 2. The maximum Gasteiger partial charge on any atom is 0.250 e. The molecule has 2 aliphatic heterocycles. The van der Waals surface area contributed by atoms with Gasteiger partial charge in [0, 0.05) is 24.5 Å². The Balaban J connectivity index is 1.47. The SMILES string of the molecule is Cc1ccc(NC(=O)COC2CCN(C)CC2)cc1NC(=O)CN1CCCCC1. The zero-order valence-electron chi connectivity index (χ0n) is 17.7. The number of hydrogen-bond donors (Lipinski definition) is 2. The van der Waals surface area contributed by atoms with Gasteiger partial charge in [0.15, 0.2) is 0 Å². The molecule has 0 radical (unpaired) electrons. The molecule has 7 heteroatoms. The first-order valence-corrected chi connectivity index (χ1v) is 10.7. The van der Waals surface area contributed by atoms with Crippen molar-refractivity contribution in [3.05, 3.63) is 23.8 Å². The van der Waals surface area contributed by atoms with Gasteiger partial charge in [0.1, 0.15) is 6.61 Å². The first-order chi connectivity index (χ1) is 14.0. The minimum Gasteiger partial charge on any atom is -0.368 e. The Morgan fingerprint density at radius 2 is 1.76 bits per heavy atom. The number of anilines is 2. The summed E-state index contributed by atoms with van der Waals surface area (Å²) in [5, 5.41) is 5.87. The second kappa shape index (κ2) is 10.7. The summed E-state index contributed by atoms with van der Waals surface area (Å²) in [6, 6.07) is 5.57. The number of carbonyl (C=O) groups excluding carboxylic acids is 2. The molecule has 0 saturated carbocycles. The van der Waals surface area contributed by atoms with Gasteiger partial charge in [-0.15, -0.1) is 0 Å². The smallest absolute Gasteiger partial charge is 0.250 e. The quantitative estimate of drug-likeness (QED) is 0.733. The number of rotatable bonds is 7. The molecule has 0 aromatic heterocycles. The third-order valence-corrected chi connectivity index (χ3v) is 5.73. The second-order valence-corrected chi connectivity index (χ2v) is 8.28. The molecule has 1 aromatic carbocycles. The predicted molar refractivity (Wildman–Crippen MR) is 115 cm³/mol. The van der Waals surface area contributed by atoms with Gasteiger partial charge in [-0.3, -0.25) is 14.5 Å².